The normalized spacial score (nSPS) is 33.1. The Morgan fingerprint density at radius 3 is 2.62 bits per heavy atom. The standard InChI is InChI=1S/C17H21N3O4/c1-16(2)13-8-15(18-21)17(3,9-14(13)16)19(22)10-11-5-4-6-12(7-11)20(23)24/h4-7,10,13-14,21H,8-9H2,1-3H3/b18-15?,19-10-. The van der Waals surface area contributed by atoms with Gasteiger partial charge in [0.1, 0.15) is 5.71 Å². The summed E-state index contributed by atoms with van der Waals surface area (Å²) in [6, 6.07) is 5.93. The maximum atomic E-state index is 12.8. The lowest BCUT2D eigenvalue weighted by molar-refractivity contribution is -0.521. The van der Waals surface area contributed by atoms with E-state index in [0.717, 1.165) is 4.74 Å². The summed E-state index contributed by atoms with van der Waals surface area (Å²) in [4.78, 5) is 10.4. The molecule has 7 heteroatoms. The number of nitro groups is 1. The van der Waals surface area contributed by atoms with Gasteiger partial charge in [0.05, 0.1) is 4.92 Å². The van der Waals surface area contributed by atoms with E-state index in [-0.39, 0.29) is 11.1 Å². The minimum absolute atomic E-state index is 0.0645. The van der Waals surface area contributed by atoms with Gasteiger partial charge in [-0.3, -0.25) is 10.1 Å². The second kappa shape index (κ2) is 5.29. The smallest absolute Gasteiger partial charge is 0.270 e. The van der Waals surface area contributed by atoms with Crippen molar-refractivity contribution in [2.24, 2.45) is 22.4 Å². The third-order valence-electron chi connectivity index (χ3n) is 5.89. The summed E-state index contributed by atoms with van der Waals surface area (Å²) in [7, 11) is 0. The number of nitrogens with zero attached hydrogens (tertiary/aromatic N) is 3. The van der Waals surface area contributed by atoms with Crippen LogP contribution in [0.2, 0.25) is 0 Å². The number of rotatable bonds is 3. The maximum Gasteiger partial charge on any atom is 0.270 e. The van der Waals surface area contributed by atoms with Crippen molar-refractivity contribution in [2.75, 3.05) is 0 Å². The summed E-state index contributed by atoms with van der Waals surface area (Å²) in [5.41, 5.74) is 0.0836. The maximum absolute atomic E-state index is 12.8. The molecule has 0 heterocycles. The van der Waals surface area contributed by atoms with Crippen LogP contribution in [0.15, 0.2) is 29.4 Å². The number of benzene rings is 1. The summed E-state index contributed by atoms with van der Waals surface area (Å²) in [5, 5.41) is 36.5. The van der Waals surface area contributed by atoms with Gasteiger partial charge in [-0.2, -0.15) is 0 Å². The molecular formula is C17H21N3O4. The van der Waals surface area contributed by atoms with Gasteiger partial charge in [0.25, 0.3) is 5.69 Å². The predicted octanol–water partition coefficient (Wildman–Crippen LogP) is 3.18. The van der Waals surface area contributed by atoms with E-state index in [2.05, 4.69) is 19.0 Å². The van der Waals surface area contributed by atoms with Crippen LogP contribution in [-0.2, 0) is 0 Å². The first-order valence-corrected chi connectivity index (χ1v) is 7.97. The molecule has 3 atom stereocenters. The Morgan fingerprint density at radius 1 is 1.29 bits per heavy atom. The third kappa shape index (κ3) is 2.44. The minimum Gasteiger partial charge on any atom is -0.623 e. The van der Waals surface area contributed by atoms with Crippen molar-refractivity contribution in [3.63, 3.8) is 0 Å². The average molecular weight is 331 g/mol. The zero-order valence-corrected chi connectivity index (χ0v) is 14.0. The van der Waals surface area contributed by atoms with E-state index in [4.69, 9.17) is 0 Å². The van der Waals surface area contributed by atoms with E-state index in [0.29, 0.717) is 36.0 Å². The molecule has 1 N–H and O–H groups in total. The molecule has 0 spiro atoms. The molecule has 2 aliphatic rings. The zero-order chi connectivity index (χ0) is 17.7. The summed E-state index contributed by atoms with van der Waals surface area (Å²) in [6.45, 7) is 6.11. The van der Waals surface area contributed by atoms with E-state index in [9.17, 15) is 20.5 Å². The second-order valence-electron chi connectivity index (χ2n) is 7.57. The Labute approximate surface area is 140 Å². The molecule has 0 aromatic heterocycles. The van der Waals surface area contributed by atoms with Crippen LogP contribution in [0, 0.1) is 32.6 Å². The van der Waals surface area contributed by atoms with Gasteiger partial charge in [0.15, 0.2) is 6.21 Å². The lowest BCUT2D eigenvalue weighted by Crippen LogP contribution is -2.48. The fraction of sp³-hybridized carbons (Fsp3) is 0.529. The Hall–Kier alpha value is -2.44. The molecular weight excluding hydrogens is 310 g/mol. The van der Waals surface area contributed by atoms with Gasteiger partial charge >= 0.3 is 0 Å². The molecule has 0 radical (unpaired) electrons. The van der Waals surface area contributed by atoms with Crippen molar-refractivity contribution in [1.82, 2.24) is 0 Å². The van der Waals surface area contributed by atoms with Crippen LogP contribution in [0.4, 0.5) is 5.69 Å². The molecule has 0 amide bonds. The van der Waals surface area contributed by atoms with Crippen LogP contribution in [0.3, 0.4) is 0 Å². The second-order valence-corrected chi connectivity index (χ2v) is 7.57. The Morgan fingerprint density at radius 2 is 2.00 bits per heavy atom. The van der Waals surface area contributed by atoms with Crippen LogP contribution < -0.4 is 0 Å². The van der Waals surface area contributed by atoms with E-state index < -0.39 is 10.5 Å². The van der Waals surface area contributed by atoms with Crippen molar-refractivity contribution in [3.8, 4) is 0 Å². The van der Waals surface area contributed by atoms with Crippen LogP contribution in [0.1, 0.15) is 39.2 Å². The minimum atomic E-state index is -0.936. The van der Waals surface area contributed by atoms with Gasteiger partial charge in [-0.25, -0.2) is 4.74 Å². The van der Waals surface area contributed by atoms with Gasteiger partial charge in [-0.15, -0.1) is 0 Å². The molecule has 0 bridgehead atoms. The number of non-ortho nitro benzene ring substituents is 1. The van der Waals surface area contributed by atoms with Gasteiger partial charge in [0.2, 0.25) is 5.54 Å². The van der Waals surface area contributed by atoms with Crippen molar-refractivity contribution in [1.29, 1.82) is 0 Å². The summed E-state index contributed by atoms with van der Waals surface area (Å²) < 4.78 is 0.783. The van der Waals surface area contributed by atoms with E-state index >= 15 is 0 Å². The van der Waals surface area contributed by atoms with Crippen LogP contribution in [0.25, 0.3) is 0 Å². The summed E-state index contributed by atoms with van der Waals surface area (Å²) >= 11 is 0. The highest BCUT2D eigenvalue weighted by Gasteiger charge is 2.66. The number of hydroxylamine groups is 1. The highest BCUT2D eigenvalue weighted by molar-refractivity contribution is 5.94. The zero-order valence-electron chi connectivity index (χ0n) is 14.0. The molecule has 0 saturated heterocycles. The molecule has 0 aliphatic heterocycles. The molecule has 2 aliphatic carbocycles. The number of fused-ring (bicyclic) bond motifs is 1. The number of hydrogen-bond acceptors (Lipinski definition) is 5. The van der Waals surface area contributed by atoms with Crippen molar-refractivity contribution < 1.29 is 14.9 Å². The van der Waals surface area contributed by atoms with Crippen LogP contribution >= 0.6 is 0 Å². The van der Waals surface area contributed by atoms with Gasteiger partial charge in [-0.1, -0.05) is 25.1 Å². The van der Waals surface area contributed by atoms with Crippen molar-refractivity contribution >= 4 is 17.6 Å². The quantitative estimate of drug-likeness (QED) is 0.229. The van der Waals surface area contributed by atoms with E-state index in [1.807, 2.05) is 0 Å². The van der Waals surface area contributed by atoms with E-state index in [1.165, 1.54) is 18.3 Å². The van der Waals surface area contributed by atoms with Gasteiger partial charge in [-0.05, 0) is 29.7 Å². The molecule has 128 valence electrons. The number of hydrogen-bond donors (Lipinski definition) is 1. The predicted molar refractivity (Wildman–Crippen MR) is 89.5 cm³/mol. The Balaban J connectivity index is 1.94. The molecule has 1 aromatic rings. The monoisotopic (exact) mass is 331 g/mol. The molecule has 24 heavy (non-hydrogen) atoms. The first-order valence-electron chi connectivity index (χ1n) is 7.97. The lowest BCUT2D eigenvalue weighted by Gasteiger charge is -2.31. The molecule has 2 saturated carbocycles. The molecule has 3 unspecified atom stereocenters. The van der Waals surface area contributed by atoms with Crippen LogP contribution in [0.5, 0.6) is 0 Å². The average Bonchev–Trinajstić information content (AvgIpc) is 3.06. The van der Waals surface area contributed by atoms with Crippen molar-refractivity contribution in [2.45, 2.75) is 39.2 Å². The van der Waals surface area contributed by atoms with Crippen LogP contribution in [-0.4, -0.2) is 32.3 Å². The van der Waals surface area contributed by atoms with E-state index in [1.54, 1.807) is 19.1 Å². The molecule has 7 nitrogen and oxygen atoms in total. The number of nitro benzene ring substituents is 1. The molecule has 1 aromatic carbocycles. The SMILES string of the molecule is CC1(C)C2CC(=NO)C(C)(/[N+]([O-])=C/c3cccc([N+](=O)[O-])c3)CC21. The molecule has 3 rings (SSSR count). The lowest BCUT2D eigenvalue weighted by atomic mass is 9.81. The molecule has 2 fully saturated rings. The van der Waals surface area contributed by atoms with Gasteiger partial charge in [0, 0.05) is 31.0 Å². The number of oxime groups is 1. The Bertz CT molecular complexity index is 756. The van der Waals surface area contributed by atoms with Gasteiger partial charge < -0.3 is 10.4 Å². The third-order valence-corrected chi connectivity index (χ3v) is 5.89. The topological polar surface area (TPSA) is 102 Å². The Kier molecular flexibility index (Phi) is 3.62. The highest BCUT2D eigenvalue weighted by atomic mass is 16.6. The largest absolute Gasteiger partial charge is 0.623 e. The highest BCUT2D eigenvalue weighted by Crippen LogP contribution is 2.66. The van der Waals surface area contributed by atoms with Crippen molar-refractivity contribution in [3.05, 3.63) is 45.2 Å². The first kappa shape index (κ1) is 16.4. The fourth-order valence-corrected chi connectivity index (χ4v) is 4.00. The first-order chi connectivity index (χ1) is 11.2. The summed E-state index contributed by atoms with van der Waals surface area (Å²) in [6.07, 6.45) is 2.55. The fourth-order valence-electron chi connectivity index (χ4n) is 4.00. The summed E-state index contributed by atoms with van der Waals surface area (Å²) in [5.74, 6) is 0.866.